The van der Waals surface area contributed by atoms with Crippen LogP contribution < -0.4 is 10.1 Å². The molecule has 0 bridgehead atoms. The summed E-state index contributed by atoms with van der Waals surface area (Å²) in [5, 5.41) is 11.8. The number of ether oxygens (including phenoxy) is 1. The van der Waals surface area contributed by atoms with Crippen LogP contribution in [0, 0.1) is 5.92 Å². The number of amides is 1. The molecule has 0 aromatic heterocycles. The summed E-state index contributed by atoms with van der Waals surface area (Å²) in [7, 11) is 0. The Kier molecular flexibility index (Phi) is 6.36. The third-order valence-electron chi connectivity index (χ3n) is 2.71. The van der Waals surface area contributed by atoms with Gasteiger partial charge >= 0.3 is 0 Å². The second-order valence-electron chi connectivity index (χ2n) is 4.98. The normalized spacial score (nSPS) is 12.3. The molecule has 1 aromatic rings. The lowest BCUT2D eigenvalue weighted by Gasteiger charge is -2.17. The highest BCUT2D eigenvalue weighted by Gasteiger charge is 2.15. The van der Waals surface area contributed by atoms with Gasteiger partial charge in [0, 0.05) is 13.2 Å². The lowest BCUT2D eigenvalue weighted by molar-refractivity contribution is -0.127. The minimum Gasteiger partial charge on any atom is -0.481 e. The molecule has 0 heterocycles. The minimum atomic E-state index is -0.543. The van der Waals surface area contributed by atoms with Gasteiger partial charge in [0.15, 0.2) is 6.10 Å². The summed E-state index contributed by atoms with van der Waals surface area (Å²) >= 11 is 0. The van der Waals surface area contributed by atoms with Crippen molar-refractivity contribution in [3.05, 3.63) is 29.8 Å². The van der Waals surface area contributed by atoms with Crippen LogP contribution in [0.3, 0.4) is 0 Å². The zero-order chi connectivity index (χ0) is 14.3. The van der Waals surface area contributed by atoms with Crippen LogP contribution in [0.1, 0.15) is 26.3 Å². The van der Waals surface area contributed by atoms with Gasteiger partial charge in [-0.25, -0.2) is 0 Å². The summed E-state index contributed by atoms with van der Waals surface area (Å²) in [6, 6.07) is 7.46. The molecule has 1 unspecified atom stereocenters. The van der Waals surface area contributed by atoms with Gasteiger partial charge in [-0.2, -0.15) is 0 Å². The Balaban J connectivity index is 2.60. The molecule has 0 saturated heterocycles. The van der Waals surface area contributed by atoms with E-state index >= 15 is 0 Å². The molecule has 1 atom stereocenters. The fourth-order valence-electron chi connectivity index (χ4n) is 1.64. The molecule has 4 heteroatoms. The molecule has 1 rings (SSSR count). The van der Waals surface area contributed by atoms with Crippen molar-refractivity contribution in [3.63, 3.8) is 0 Å². The van der Waals surface area contributed by atoms with Crippen molar-refractivity contribution < 1.29 is 14.6 Å². The summed E-state index contributed by atoms with van der Waals surface area (Å²) in [6.07, 6.45) is -0.0187. The van der Waals surface area contributed by atoms with Crippen LogP contribution >= 0.6 is 0 Å². The summed E-state index contributed by atoms with van der Waals surface area (Å²) < 4.78 is 5.67. The average Bonchev–Trinajstić information content (AvgIpc) is 2.38. The van der Waals surface area contributed by atoms with E-state index in [4.69, 9.17) is 9.84 Å². The Labute approximate surface area is 114 Å². The molecule has 106 valence electrons. The van der Waals surface area contributed by atoms with Crippen LogP contribution in [0.4, 0.5) is 0 Å². The van der Waals surface area contributed by atoms with E-state index in [9.17, 15) is 4.79 Å². The van der Waals surface area contributed by atoms with Crippen LogP contribution in [0.2, 0.25) is 0 Å². The number of benzene rings is 1. The molecular formula is C15H23NO3. The maximum atomic E-state index is 11.8. The number of para-hydroxylation sites is 1. The highest BCUT2D eigenvalue weighted by molar-refractivity contribution is 5.80. The highest BCUT2D eigenvalue weighted by atomic mass is 16.5. The maximum Gasteiger partial charge on any atom is 0.260 e. The Bertz CT molecular complexity index is 404. The second-order valence-corrected chi connectivity index (χ2v) is 4.98. The lowest BCUT2D eigenvalue weighted by atomic mass is 10.1. The van der Waals surface area contributed by atoms with Gasteiger partial charge < -0.3 is 15.2 Å². The van der Waals surface area contributed by atoms with Gasteiger partial charge in [-0.15, -0.1) is 0 Å². The van der Waals surface area contributed by atoms with Crippen LogP contribution in [0.25, 0.3) is 0 Å². The van der Waals surface area contributed by atoms with Crippen LogP contribution in [-0.4, -0.2) is 30.3 Å². The molecule has 0 fully saturated rings. The van der Waals surface area contributed by atoms with Crippen LogP contribution in [-0.2, 0) is 11.2 Å². The van der Waals surface area contributed by atoms with Crippen molar-refractivity contribution in [1.29, 1.82) is 0 Å². The molecule has 0 aliphatic carbocycles. The monoisotopic (exact) mass is 265 g/mol. The molecule has 1 amide bonds. The standard InChI is InChI=1S/C15H23NO3/c1-11(2)10-16-15(18)12(3)19-14-7-5-4-6-13(14)8-9-17/h4-7,11-12,17H,8-10H2,1-3H3,(H,16,18). The largest absolute Gasteiger partial charge is 0.481 e. The smallest absolute Gasteiger partial charge is 0.260 e. The maximum absolute atomic E-state index is 11.8. The minimum absolute atomic E-state index is 0.0638. The Morgan fingerprint density at radius 1 is 1.32 bits per heavy atom. The third kappa shape index (κ3) is 5.30. The zero-order valence-corrected chi connectivity index (χ0v) is 11.8. The Hall–Kier alpha value is -1.55. The SMILES string of the molecule is CC(C)CNC(=O)C(C)Oc1ccccc1CCO. The van der Waals surface area contributed by atoms with Crippen molar-refractivity contribution in [1.82, 2.24) is 5.32 Å². The molecule has 0 aliphatic rings. The highest BCUT2D eigenvalue weighted by Crippen LogP contribution is 2.19. The van der Waals surface area contributed by atoms with Gasteiger partial charge in [0.1, 0.15) is 5.75 Å². The fourth-order valence-corrected chi connectivity index (χ4v) is 1.64. The summed E-state index contributed by atoms with van der Waals surface area (Å²) in [4.78, 5) is 11.8. The quantitative estimate of drug-likeness (QED) is 0.790. The fraction of sp³-hybridized carbons (Fsp3) is 0.533. The summed E-state index contributed by atoms with van der Waals surface area (Å²) in [5.74, 6) is 0.953. The second kappa shape index (κ2) is 7.79. The molecule has 2 N–H and O–H groups in total. The molecule has 1 aromatic carbocycles. The first-order valence-electron chi connectivity index (χ1n) is 6.67. The van der Waals surface area contributed by atoms with E-state index in [1.807, 2.05) is 38.1 Å². The average molecular weight is 265 g/mol. The van der Waals surface area contributed by atoms with E-state index in [1.165, 1.54) is 0 Å². The van der Waals surface area contributed by atoms with Crippen molar-refractivity contribution >= 4 is 5.91 Å². The van der Waals surface area contributed by atoms with E-state index < -0.39 is 6.10 Å². The van der Waals surface area contributed by atoms with Crippen molar-refractivity contribution in [2.45, 2.75) is 33.3 Å². The number of nitrogens with one attached hydrogen (secondary N) is 1. The molecule has 4 nitrogen and oxygen atoms in total. The number of aliphatic hydroxyl groups excluding tert-OH is 1. The third-order valence-corrected chi connectivity index (χ3v) is 2.71. The van der Waals surface area contributed by atoms with Gasteiger partial charge in [0.25, 0.3) is 5.91 Å². The number of aliphatic hydroxyl groups is 1. The number of hydrogen-bond donors (Lipinski definition) is 2. The van der Waals surface area contributed by atoms with Crippen molar-refractivity contribution in [3.8, 4) is 5.75 Å². The summed E-state index contributed by atoms with van der Waals surface area (Å²) in [6.45, 7) is 6.52. The van der Waals surface area contributed by atoms with Crippen LogP contribution in [0.15, 0.2) is 24.3 Å². The Morgan fingerprint density at radius 2 is 2.00 bits per heavy atom. The predicted octanol–water partition coefficient (Wildman–Crippen LogP) is 1.76. The number of carbonyl (C=O) groups is 1. The van der Waals surface area contributed by atoms with Crippen molar-refractivity contribution in [2.75, 3.05) is 13.2 Å². The van der Waals surface area contributed by atoms with Gasteiger partial charge in [0.2, 0.25) is 0 Å². The predicted molar refractivity (Wildman–Crippen MR) is 75.2 cm³/mol. The lowest BCUT2D eigenvalue weighted by Crippen LogP contribution is -2.38. The molecule has 0 aliphatic heterocycles. The molecule has 0 spiro atoms. The van der Waals surface area contributed by atoms with E-state index in [2.05, 4.69) is 5.32 Å². The number of rotatable bonds is 7. The van der Waals surface area contributed by atoms with Gasteiger partial charge in [-0.3, -0.25) is 4.79 Å². The first-order chi connectivity index (χ1) is 9.04. The Morgan fingerprint density at radius 3 is 2.63 bits per heavy atom. The topological polar surface area (TPSA) is 58.6 Å². The number of carbonyl (C=O) groups excluding carboxylic acids is 1. The molecular weight excluding hydrogens is 242 g/mol. The van der Waals surface area contributed by atoms with E-state index in [0.717, 1.165) is 5.56 Å². The molecule has 0 saturated carbocycles. The molecule has 19 heavy (non-hydrogen) atoms. The first kappa shape index (κ1) is 15.5. The van der Waals surface area contributed by atoms with Gasteiger partial charge in [0.05, 0.1) is 0 Å². The van der Waals surface area contributed by atoms with E-state index in [-0.39, 0.29) is 12.5 Å². The summed E-state index contributed by atoms with van der Waals surface area (Å²) in [5.41, 5.74) is 0.911. The van der Waals surface area contributed by atoms with E-state index in [0.29, 0.717) is 24.6 Å². The first-order valence-corrected chi connectivity index (χ1v) is 6.67. The zero-order valence-electron chi connectivity index (χ0n) is 11.8. The van der Waals surface area contributed by atoms with E-state index in [1.54, 1.807) is 6.92 Å². The van der Waals surface area contributed by atoms with Gasteiger partial charge in [-0.05, 0) is 30.9 Å². The van der Waals surface area contributed by atoms with Crippen molar-refractivity contribution in [2.24, 2.45) is 5.92 Å². The van der Waals surface area contributed by atoms with Crippen LogP contribution in [0.5, 0.6) is 5.75 Å². The number of hydrogen-bond acceptors (Lipinski definition) is 3. The van der Waals surface area contributed by atoms with Gasteiger partial charge in [-0.1, -0.05) is 32.0 Å². The molecule has 0 radical (unpaired) electrons.